The van der Waals surface area contributed by atoms with Crippen molar-refractivity contribution in [3.05, 3.63) is 130 Å². The van der Waals surface area contributed by atoms with Gasteiger partial charge in [0.05, 0.1) is 57.0 Å². The molecule has 16 nitrogen and oxygen atoms in total. The van der Waals surface area contributed by atoms with Crippen LogP contribution in [0.3, 0.4) is 0 Å². The zero-order valence-corrected chi connectivity index (χ0v) is 35.0. The molecule has 64 heavy (non-hydrogen) atoms. The second kappa shape index (κ2) is 16.2. The fourth-order valence-corrected chi connectivity index (χ4v) is 7.71. The van der Waals surface area contributed by atoms with Crippen molar-refractivity contribution in [1.29, 1.82) is 0 Å². The lowest BCUT2D eigenvalue weighted by molar-refractivity contribution is 0.0527. The van der Waals surface area contributed by atoms with Gasteiger partial charge in [-0.1, -0.05) is 36.4 Å². The van der Waals surface area contributed by atoms with Crippen LogP contribution in [0.4, 0.5) is 22.7 Å². The maximum atomic E-state index is 13.2. The summed E-state index contributed by atoms with van der Waals surface area (Å²) in [5, 5.41) is 58.9. The maximum absolute atomic E-state index is 13.2. The van der Waals surface area contributed by atoms with E-state index < -0.39 is 11.8 Å². The van der Waals surface area contributed by atoms with Crippen LogP contribution in [0.1, 0.15) is 49.9 Å². The Morgan fingerprint density at radius 1 is 0.641 bits per heavy atom. The highest BCUT2D eigenvalue weighted by atomic mass is 16.5. The number of aliphatic hydroxyl groups excluding tert-OH is 1. The Morgan fingerprint density at radius 3 is 1.56 bits per heavy atom. The molecule has 0 radical (unpaired) electrons. The number of aromatic hydroxyl groups is 2. The molecule has 0 amide bonds. The number of fused-ring (bicyclic) bond motifs is 6. The minimum atomic E-state index is -0.682. The Balaban J connectivity index is 0.969. The number of carbonyl (C=O) groups excluding carboxylic acids is 2. The number of ether oxygens (including phenoxy) is 1. The first kappa shape index (κ1) is 40.6. The van der Waals surface area contributed by atoms with Gasteiger partial charge in [-0.05, 0) is 112 Å². The van der Waals surface area contributed by atoms with E-state index in [0.29, 0.717) is 56.0 Å². The number of rotatable bonds is 9. The summed E-state index contributed by atoms with van der Waals surface area (Å²) >= 11 is 0. The number of Topliss-reactive ketones (excluding diaryl/α,β-unsaturated/α-hetero) is 1. The summed E-state index contributed by atoms with van der Waals surface area (Å²) in [5.74, 6) is 0.439. The van der Waals surface area contributed by atoms with E-state index in [1.54, 1.807) is 75.4 Å². The first-order chi connectivity index (χ1) is 31.0. The van der Waals surface area contributed by atoms with Crippen LogP contribution in [-0.2, 0) is 4.74 Å². The molecule has 0 aliphatic carbocycles. The van der Waals surface area contributed by atoms with Gasteiger partial charge in [-0.15, -0.1) is 20.4 Å². The lowest BCUT2D eigenvalue weighted by Gasteiger charge is -2.12. The highest BCUT2D eigenvalue weighted by molar-refractivity contribution is 6.15. The van der Waals surface area contributed by atoms with E-state index in [1.165, 1.54) is 8.80 Å². The van der Waals surface area contributed by atoms with Crippen molar-refractivity contribution < 1.29 is 29.6 Å². The molecular weight excluding hydrogens is 813 g/mol. The van der Waals surface area contributed by atoms with E-state index in [9.17, 15) is 24.9 Å². The summed E-state index contributed by atoms with van der Waals surface area (Å²) in [6.07, 6.45) is 1.66. The molecule has 16 heteroatoms. The number of aromatic nitrogens is 6. The zero-order valence-electron chi connectivity index (χ0n) is 35.0. The van der Waals surface area contributed by atoms with Gasteiger partial charge in [0.1, 0.15) is 23.0 Å². The van der Waals surface area contributed by atoms with Crippen LogP contribution in [0.15, 0.2) is 118 Å². The third-order valence-corrected chi connectivity index (χ3v) is 10.9. The van der Waals surface area contributed by atoms with Gasteiger partial charge in [-0.3, -0.25) is 13.6 Å². The summed E-state index contributed by atoms with van der Waals surface area (Å²) in [5.41, 5.74) is 9.33. The van der Waals surface area contributed by atoms with Crippen LogP contribution in [0.2, 0.25) is 0 Å². The predicted molar refractivity (Wildman–Crippen MR) is 239 cm³/mol. The molecule has 9 aromatic rings. The molecule has 0 spiro atoms. The summed E-state index contributed by atoms with van der Waals surface area (Å²) in [6.45, 7) is 8.93. The van der Waals surface area contributed by atoms with E-state index in [-0.39, 0.29) is 52.2 Å². The molecule has 4 aromatic carbocycles. The van der Waals surface area contributed by atoms with Crippen LogP contribution < -0.4 is 0 Å². The summed E-state index contributed by atoms with van der Waals surface area (Å²) in [7, 11) is 0. The van der Waals surface area contributed by atoms with E-state index in [2.05, 4.69) is 46.5 Å². The van der Waals surface area contributed by atoms with Gasteiger partial charge >= 0.3 is 5.97 Å². The molecule has 0 saturated heterocycles. The number of aryl methyl sites for hydroxylation is 2. The van der Waals surface area contributed by atoms with Gasteiger partial charge in [0.25, 0.3) is 0 Å². The number of azo groups is 2. The van der Waals surface area contributed by atoms with E-state index in [0.717, 1.165) is 22.3 Å². The van der Waals surface area contributed by atoms with Crippen molar-refractivity contribution in [3.8, 4) is 46.3 Å². The fraction of sp³-hybridized carbons (Fsp3) is 0.125. The van der Waals surface area contributed by atoms with Crippen molar-refractivity contribution in [3.63, 3.8) is 0 Å². The fourth-order valence-electron chi connectivity index (χ4n) is 7.71. The predicted octanol–water partition coefficient (Wildman–Crippen LogP) is 10.6. The molecule has 9 rings (SSSR count). The van der Waals surface area contributed by atoms with Gasteiger partial charge in [0, 0.05) is 22.6 Å². The summed E-state index contributed by atoms with van der Waals surface area (Å²) in [4.78, 5) is 35.4. The number of esters is 1. The highest BCUT2D eigenvalue weighted by Crippen LogP contribution is 2.41. The Morgan fingerprint density at radius 2 is 1.11 bits per heavy atom. The first-order valence-corrected chi connectivity index (χ1v) is 20.0. The molecule has 0 bridgehead atoms. The summed E-state index contributed by atoms with van der Waals surface area (Å²) < 4.78 is 8.27. The third-order valence-electron chi connectivity index (χ3n) is 10.9. The number of nitrogens with zero attached hydrogens (tertiary/aromatic N) is 10. The number of hydrogen-bond acceptors (Lipinski definition) is 14. The molecule has 0 aliphatic heterocycles. The number of carbonyl (C=O) groups is 2. The number of ketones is 1. The van der Waals surface area contributed by atoms with Crippen LogP contribution in [-0.4, -0.2) is 62.6 Å². The lowest BCUT2D eigenvalue weighted by Crippen LogP contribution is -2.10. The molecule has 0 saturated carbocycles. The Bertz CT molecular complexity index is 3540. The Hall–Kier alpha value is -8.84. The molecule has 5 aromatic heterocycles. The number of aliphatic hydroxyl groups is 1. The molecule has 314 valence electrons. The smallest absolute Gasteiger partial charge is 0.342 e. The number of pyridine rings is 2. The molecule has 0 atom stereocenters. The van der Waals surface area contributed by atoms with Gasteiger partial charge in [0.15, 0.2) is 11.3 Å². The minimum absolute atomic E-state index is 0.0512. The molecule has 3 N–H and O–H groups in total. The van der Waals surface area contributed by atoms with Crippen molar-refractivity contribution in [2.75, 3.05) is 6.61 Å². The number of imidazole rings is 2. The maximum Gasteiger partial charge on any atom is 0.342 e. The number of benzene rings is 4. The van der Waals surface area contributed by atoms with Crippen LogP contribution in [0, 0.1) is 39.7 Å². The van der Waals surface area contributed by atoms with Crippen molar-refractivity contribution >= 4 is 67.9 Å². The summed E-state index contributed by atoms with van der Waals surface area (Å²) in [6, 6.07) is 29.1. The SMILES string of the molecule is CCOC(=O)c1c(C)c(N=Nc2ccc(-c3ccc(-c4ccc(N=Nc5c(C)c(C(=O)C#CO)c6nc7ccccc7n6c5O)c(C)c4)nn3)cc2C)c(O)n2c1nc1ccccc12. The van der Waals surface area contributed by atoms with Crippen LogP contribution in [0.5, 0.6) is 11.8 Å². The normalized spacial score (nSPS) is 11.6. The molecule has 0 fully saturated rings. The van der Waals surface area contributed by atoms with Crippen molar-refractivity contribution in [1.82, 2.24) is 29.0 Å². The largest absolute Gasteiger partial charge is 0.493 e. The van der Waals surface area contributed by atoms with Gasteiger partial charge in [-0.25, -0.2) is 14.8 Å². The highest BCUT2D eigenvalue weighted by Gasteiger charge is 2.27. The van der Waals surface area contributed by atoms with E-state index >= 15 is 0 Å². The molecule has 0 aliphatic rings. The average molecular weight is 849 g/mol. The Labute approximate surface area is 363 Å². The Kier molecular flexibility index (Phi) is 10.3. The standard InChI is InChI=1S/C48H36N10O6/c1-6-64-48(63)41-28(5)43(47(62)58-38-14-10-8-12-36(38)50-45(41)58)56-52-32-18-16-30(24-26(32)3)34-20-19-33(53-54-34)29-15-17-31(25(2)23-29)51-55-42-27(4)40(39(60)21-22-59)44-49-35-11-7-9-13-37(35)57(44)46(42)61/h7-20,23-24,59,61-62H,6H2,1-5H3. The number of hydrogen-bond donors (Lipinski definition) is 3. The van der Waals surface area contributed by atoms with Crippen LogP contribution >= 0.6 is 0 Å². The first-order valence-electron chi connectivity index (χ1n) is 20.0. The third kappa shape index (κ3) is 6.86. The topological polar surface area (TPSA) is 214 Å². The van der Waals surface area contributed by atoms with Crippen LogP contribution in [0.25, 0.3) is 55.9 Å². The minimum Gasteiger partial charge on any atom is -0.493 e. The van der Waals surface area contributed by atoms with E-state index in [1.807, 2.05) is 62.4 Å². The molecular formula is C48H36N10O6. The van der Waals surface area contributed by atoms with Gasteiger partial charge in [0.2, 0.25) is 17.5 Å². The average Bonchev–Trinajstić information content (AvgIpc) is 3.87. The zero-order chi connectivity index (χ0) is 44.8. The van der Waals surface area contributed by atoms with E-state index in [4.69, 9.17) is 4.74 Å². The van der Waals surface area contributed by atoms with Crippen molar-refractivity contribution in [2.45, 2.75) is 34.6 Å². The monoisotopic (exact) mass is 848 g/mol. The number of para-hydroxylation sites is 4. The van der Waals surface area contributed by atoms with Gasteiger partial charge < -0.3 is 20.1 Å². The van der Waals surface area contributed by atoms with Crippen molar-refractivity contribution in [2.24, 2.45) is 20.5 Å². The second-order valence-electron chi connectivity index (χ2n) is 14.9. The second-order valence-corrected chi connectivity index (χ2v) is 14.9. The lowest BCUT2D eigenvalue weighted by atomic mass is 10.0. The van der Waals surface area contributed by atoms with Gasteiger partial charge in [-0.2, -0.15) is 10.2 Å². The molecule has 0 unspecified atom stereocenters. The quantitative estimate of drug-likeness (QED) is 0.0541. The molecule has 5 heterocycles.